The van der Waals surface area contributed by atoms with Crippen molar-refractivity contribution in [3.8, 4) is 5.75 Å². The lowest BCUT2D eigenvalue weighted by Crippen LogP contribution is -2.58. The van der Waals surface area contributed by atoms with Crippen molar-refractivity contribution in [2.45, 2.75) is 25.2 Å². The van der Waals surface area contributed by atoms with Gasteiger partial charge in [0.1, 0.15) is 17.6 Å². The summed E-state index contributed by atoms with van der Waals surface area (Å²) in [7, 11) is 0. The average molecular weight is 400 g/mol. The molecule has 1 aromatic carbocycles. The first-order valence-electron chi connectivity index (χ1n) is 7.99. The number of hydrogen-bond acceptors (Lipinski definition) is 4. The summed E-state index contributed by atoms with van der Waals surface area (Å²) in [6, 6.07) is 3.29. The highest BCUT2D eigenvalue weighted by atomic mass is 35.5. The summed E-state index contributed by atoms with van der Waals surface area (Å²) in [5, 5.41) is 5.29. The quantitative estimate of drug-likeness (QED) is 0.718. The average Bonchev–Trinajstić information content (AvgIpc) is 2.56. The van der Waals surface area contributed by atoms with Gasteiger partial charge in [0, 0.05) is 32.7 Å². The van der Waals surface area contributed by atoms with E-state index in [0.29, 0.717) is 13.1 Å². The SMILES string of the molecule is CC(Oc1ccc(F)cc1)C(=O)NCC(N1CCNCC1)C(F)(F)F.Cl. The number of nitrogens with one attached hydrogen (secondary N) is 2. The van der Waals surface area contributed by atoms with Crippen molar-refractivity contribution in [2.24, 2.45) is 0 Å². The van der Waals surface area contributed by atoms with Crippen LogP contribution in [0.4, 0.5) is 17.6 Å². The van der Waals surface area contributed by atoms with Gasteiger partial charge in [-0.2, -0.15) is 13.2 Å². The maximum Gasteiger partial charge on any atom is 0.405 e. The third-order valence-electron chi connectivity index (χ3n) is 3.94. The predicted molar refractivity (Wildman–Crippen MR) is 91.0 cm³/mol. The molecule has 2 N–H and O–H groups in total. The Labute approximate surface area is 155 Å². The smallest absolute Gasteiger partial charge is 0.405 e. The van der Waals surface area contributed by atoms with Crippen LogP contribution in [0.3, 0.4) is 0 Å². The minimum absolute atomic E-state index is 0. The number of rotatable bonds is 6. The number of carbonyl (C=O) groups is 1. The van der Waals surface area contributed by atoms with E-state index < -0.39 is 36.6 Å². The highest BCUT2D eigenvalue weighted by molar-refractivity contribution is 5.85. The third-order valence-corrected chi connectivity index (χ3v) is 3.94. The van der Waals surface area contributed by atoms with Crippen LogP contribution in [0.2, 0.25) is 0 Å². The Balaban J connectivity index is 0.00000338. The van der Waals surface area contributed by atoms with E-state index in [-0.39, 0.29) is 31.2 Å². The Morgan fingerprint density at radius 2 is 1.85 bits per heavy atom. The van der Waals surface area contributed by atoms with Gasteiger partial charge in [-0.05, 0) is 31.2 Å². The molecule has 1 fully saturated rings. The fraction of sp³-hybridized carbons (Fsp3) is 0.562. The molecular formula is C16H22ClF4N3O2. The van der Waals surface area contributed by atoms with Gasteiger partial charge in [-0.3, -0.25) is 9.69 Å². The lowest BCUT2D eigenvalue weighted by atomic mass is 10.2. The van der Waals surface area contributed by atoms with Gasteiger partial charge in [0.05, 0.1) is 0 Å². The van der Waals surface area contributed by atoms with E-state index in [4.69, 9.17) is 4.74 Å². The molecule has 10 heteroatoms. The summed E-state index contributed by atoms with van der Waals surface area (Å²) in [4.78, 5) is 13.3. The first-order valence-corrected chi connectivity index (χ1v) is 7.99. The van der Waals surface area contributed by atoms with Gasteiger partial charge in [0.15, 0.2) is 6.10 Å². The van der Waals surface area contributed by atoms with Gasteiger partial charge in [-0.25, -0.2) is 4.39 Å². The fourth-order valence-electron chi connectivity index (χ4n) is 2.56. The van der Waals surface area contributed by atoms with Crippen LogP contribution in [0.5, 0.6) is 5.75 Å². The molecule has 0 aromatic heterocycles. The van der Waals surface area contributed by atoms with Crippen molar-refractivity contribution in [1.82, 2.24) is 15.5 Å². The van der Waals surface area contributed by atoms with Crippen molar-refractivity contribution in [1.29, 1.82) is 0 Å². The summed E-state index contributed by atoms with van der Waals surface area (Å²) in [5.74, 6) is -0.847. The molecule has 0 bridgehead atoms. The van der Waals surface area contributed by atoms with Crippen molar-refractivity contribution >= 4 is 18.3 Å². The molecule has 5 nitrogen and oxygen atoms in total. The van der Waals surface area contributed by atoms with Crippen LogP contribution >= 0.6 is 12.4 Å². The summed E-state index contributed by atoms with van der Waals surface area (Å²) >= 11 is 0. The lowest BCUT2D eigenvalue weighted by Gasteiger charge is -2.36. The van der Waals surface area contributed by atoms with E-state index in [1.807, 2.05) is 0 Å². The van der Waals surface area contributed by atoms with Crippen molar-refractivity contribution < 1.29 is 27.1 Å². The molecule has 2 atom stereocenters. The number of benzene rings is 1. The van der Waals surface area contributed by atoms with Crippen LogP contribution in [-0.4, -0.2) is 61.9 Å². The third kappa shape index (κ3) is 6.62. The van der Waals surface area contributed by atoms with Crippen LogP contribution in [0.1, 0.15) is 6.92 Å². The monoisotopic (exact) mass is 399 g/mol. The van der Waals surface area contributed by atoms with Crippen molar-refractivity contribution in [2.75, 3.05) is 32.7 Å². The number of alkyl halides is 3. The fourth-order valence-corrected chi connectivity index (χ4v) is 2.56. The summed E-state index contributed by atoms with van der Waals surface area (Å²) in [5.41, 5.74) is 0. The second-order valence-electron chi connectivity index (χ2n) is 5.80. The normalized spacial score (nSPS) is 17.7. The van der Waals surface area contributed by atoms with E-state index >= 15 is 0 Å². The van der Waals surface area contributed by atoms with Crippen LogP contribution in [-0.2, 0) is 4.79 Å². The first kappa shape index (κ1) is 22.5. The predicted octanol–water partition coefficient (Wildman–Crippen LogP) is 1.97. The Hall–Kier alpha value is -1.58. The van der Waals surface area contributed by atoms with Crippen molar-refractivity contribution in [3.05, 3.63) is 30.1 Å². The lowest BCUT2D eigenvalue weighted by molar-refractivity contribution is -0.184. The molecule has 2 unspecified atom stereocenters. The maximum atomic E-state index is 13.3. The molecule has 0 radical (unpaired) electrons. The van der Waals surface area contributed by atoms with Gasteiger partial charge in [-0.1, -0.05) is 0 Å². The highest BCUT2D eigenvalue weighted by Crippen LogP contribution is 2.24. The maximum absolute atomic E-state index is 13.3. The summed E-state index contributed by atoms with van der Waals surface area (Å²) in [6.07, 6.45) is -5.44. The molecule has 0 spiro atoms. The Kier molecular flexibility index (Phi) is 8.58. The molecule has 148 valence electrons. The second-order valence-corrected chi connectivity index (χ2v) is 5.80. The molecule has 2 rings (SSSR count). The number of carbonyl (C=O) groups excluding carboxylic acids is 1. The minimum Gasteiger partial charge on any atom is -0.481 e. The Morgan fingerprint density at radius 1 is 1.27 bits per heavy atom. The summed E-state index contributed by atoms with van der Waals surface area (Å²) in [6.45, 7) is 2.37. The van der Waals surface area contributed by atoms with Gasteiger partial charge in [-0.15, -0.1) is 12.4 Å². The zero-order valence-corrected chi connectivity index (χ0v) is 15.0. The van der Waals surface area contributed by atoms with Crippen LogP contribution in [0.25, 0.3) is 0 Å². The van der Waals surface area contributed by atoms with Crippen LogP contribution < -0.4 is 15.4 Å². The number of piperazine rings is 1. The first-order chi connectivity index (χ1) is 11.8. The molecule has 1 aromatic rings. The molecule has 0 aliphatic carbocycles. The minimum atomic E-state index is -4.44. The van der Waals surface area contributed by atoms with Gasteiger partial charge >= 0.3 is 6.18 Å². The zero-order chi connectivity index (χ0) is 18.4. The molecule has 1 aliphatic rings. The van der Waals surface area contributed by atoms with Gasteiger partial charge in [0.25, 0.3) is 5.91 Å². The number of nitrogens with zero attached hydrogens (tertiary/aromatic N) is 1. The topological polar surface area (TPSA) is 53.6 Å². The number of hydrogen-bond donors (Lipinski definition) is 2. The molecule has 1 amide bonds. The van der Waals surface area contributed by atoms with E-state index in [1.54, 1.807) is 0 Å². The second kappa shape index (κ2) is 9.94. The molecule has 1 heterocycles. The number of halogens is 5. The molecule has 1 saturated heterocycles. The number of amides is 1. The van der Waals surface area contributed by atoms with Crippen LogP contribution in [0, 0.1) is 5.82 Å². The highest BCUT2D eigenvalue weighted by Gasteiger charge is 2.44. The Morgan fingerprint density at radius 3 is 2.38 bits per heavy atom. The molecule has 1 aliphatic heterocycles. The van der Waals surface area contributed by atoms with Crippen molar-refractivity contribution in [3.63, 3.8) is 0 Å². The summed E-state index contributed by atoms with van der Waals surface area (Å²) < 4.78 is 57.9. The zero-order valence-electron chi connectivity index (χ0n) is 14.2. The molecule has 26 heavy (non-hydrogen) atoms. The van der Waals surface area contributed by atoms with Gasteiger partial charge in [0.2, 0.25) is 0 Å². The molecular weight excluding hydrogens is 378 g/mol. The largest absolute Gasteiger partial charge is 0.481 e. The van der Waals surface area contributed by atoms with E-state index in [2.05, 4.69) is 10.6 Å². The van der Waals surface area contributed by atoms with Gasteiger partial charge < -0.3 is 15.4 Å². The molecule has 0 saturated carbocycles. The Bertz CT molecular complexity index is 566. The van der Waals surface area contributed by atoms with E-state index in [0.717, 1.165) is 0 Å². The number of ether oxygens (including phenoxy) is 1. The van der Waals surface area contributed by atoms with Crippen LogP contribution in [0.15, 0.2) is 24.3 Å². The van der Waals surface area contributed by atoms with E-state index in [9.17, 15) is 22.4 Å². The standard InChI is InChI=1S/C16H21F4N3O2.ClH/c1-11(25-13-4-2-12(17)3-5-13)15(24)22-10-14(16(18,19)20)23-8-6-21-7-9-23;/h2-5,11,14,21H,6-10H2,1H3,(H,22,24);1H. The van der Waals surface area contributed by atoms with E-state index in [1.165, 1.54) is 36.1 Å².